The van der Waals surface area contributed by atoms with Crippen molar-refractivity contribution in [1.29, 1.82) is 0 Å². The molecule has 2 aromatic carbocycles. The number of aromatic amines is 1. The fraction of sp³-hybridized carbons (Fsp3) is 0.150. The summed E-state index contributed by atoms with van der Waals surface area (Å²) in [5, 5.41) is 26.1. The van der Waals surface area contributed by atoms with Crippen LogP contribution in [0.4, 0.5) is 0 Å². The Bertz CT molecular complexity index is 906. The number of phenols is 1. The molecule has 0 unspecified atom stereocenters. The van der Waals surface area contributed by atoms with Gasteiger partial charge in [-0.3, -0.25) is 5.10 Å². The van der Waals surface area contributed by atoms with Crippen molar-refractivity contribution < 1.29 is 5.11 Å². The number of nitrogens with zero attached hydrogens (tertiary/aromatic N) is 3. The van der Waals surface area contributed by atoms with Gasteiger partial charge in [0.2, 0.25) is 0 Å². The van der Waals surface area contributed by atoms with E-state index in [4.69, 9.17) is 0 Å². The zero-order chi connectivity index (χ0) is 17.6. The Morgan fingerprint density at radius 3 is 2.44 bits per heavy atom. The number of benzene rings is 2. The fourth-order valence-electron chi connectivity index (χ4n) is 2.45. The number of phenolic OH excluding ortho intramolecular Hbond substituents is 1. The number of aromatic nitrogens is 2. The zero-order valence-electron chi connectivity index (χ0n) is 14.3. The van der Waals surface area contributed by atoms with Gasteiger partial charge in [0, 0.05) is 29.0 Å². The largest absolute Gasteiger partial charge is 0.507 e. The highest BCUT2D eigenvalue weighted by molar-refractivity contribution is 6.04. The minimum Gasteiger partial charge on any atom is -0.507 e. The molecule has 0 fully saturated rings. The summed E-state index contributed by atoms with van der Waals surface area (Å²) in [7, 11) is 0. The van der Waals surface area contributed by atoms with Crippen LogP contribution in [0.15, 0.2) is 70.9 Å². The fourth-order valence-corrected chi connectivity index (χ4v) is 2.45. The summed E-state index contributed by atoms with van der Waals surface area (Å²) in [5.74, 6) is 0.188. The van der Waals surface area contributed by atoms with E-state index in [0.29, 0.717) is 17.7 Å². The van der Waals surface area contributed by atoms with Gasteiger partial charge >= 0.3 is 0 Å². The number of nitrogens with one attached hydrogen (secondary N) is 1. The van der Waals surface area contributed by atoms with Crippen LogP contribution in [0.2, 0.25) is 0 Å². The Morgan fingerprint density at radius 1 is 1.00 bits per heavy atom. The molecule has 1 heterocycles. The van der Waals surface area contributed by atoms with Crippen molar-refractivity contribution in [1.82, 2.24) is 10.2 Å². The van der Waals surface area contributed by atoms with Crippen molar-refractivity contribution in [3.05, 3.63) is 71.9 Å². The average Bonchev–Trinajstić information content (AvgIpc) is 3.08. The van der Waals surface area contributed by atoms with Gasteiger partial charge in [-0.2, -0.15) is 15.3 Å². The Balaban J connectivity index is 1.92. The molecule has 5 nitrogen and oxygen atoms in total. The third kappa shape index (κ3) is 4.20. The molecule has 0 aliphatic carbocycles. The maximum absolute atomic E-state index is 10.2. The standard InChI is InChI=1S/C20H20N4O/c1-14(2)21-24-19(17-10-6-7-11-20(17)25)13-16-12-18(23-22-16)15-8-4-3-5-9-15/h3-12,25H,13H2,1-2H3,(H,22,23)/b24-19-. The van der Waals surface area contributed by atoms with Gasteiger partial charge in [-0.25, -0.2) is 0 Å². The summed E-state index contributed by atoms with van der Waals surface area (Å²) in [6, 6.07) is 19.1. The second-order valence-corrected chi connectivity index (χ2v) is 5.93. The van der Waals surface area contributed by atoms with Crippen molar-refractivity contribution in [3.8, 4) is 17.0 Å². The molecule has 1 aromatic heterocycles. The predicted octanol–water partition coefficient (Wildman–Crippen LogP) is 4.21. The molecule has 126 valence electrons. The van der Waals surface area contributed by atoms with Crippen molar-refractivity contribution in [2.45, 2.75) is 20.3 Å². The lowest BCUT2D eigenvalue weighted by molar-refractivity contribution is 0.474. The first-order valence-corrected chi connectivity index (χ1v) is 8.09. The minimum absolute atomic E-state index is 0.188. The van der Waals surface area contributed by atoms with Crippen LogP contribution in [0.3, 0.4) is 0 Å². The molecular formula is C20H20N4O. The second-order valence-electron chi connectivity index (χ2n) is 5.93. The molecule has 0 aliphatic heterocycles. The quantitative estimate of drug-likeness (QED) is 0.542. The number of para-hydroxylation sites is 1. The van der Waals surface area contributed by atoms with Crippen LogP contribution < -0.4 is 0 Å². The van der Waals surface area contributed by atoms with E-state index in [0.717, 1.165) is 22.7 Å². The van der Waals surface area contributed by atoms with Crippen LogP contribution in [0, 0.1) is 0 Å². The normalized spacial score (nSPS) is 11.4. The van der Waals surface area contributed by atoms with Crippen LogP contribution >= 0.6 is 0 Å². The topological polar surface area (TPSA) is 73.6 Å². The molecule has 0 amide bonds. The lowest BCUT2D eigenvalue weighted by Gasteiger charge is -2.06. The molecule has 0 radical (unpaired) electrons. The maximum atomic E-state index is 10.2. The van der Waals surface area contributed by atoms with E-state index in [1.807, 2.05) is 62.4 Å². The van der Waals surface area contributed by atoms with Gasteiger partial charge in [-0.05, 0) is 32.0 Å². The predicted molar refractivity (Wildman–Crippen MR) is 101 cm³/mol. The molecule has 0 atom stereocenters. The number of hydrogen-bond acceptors (Lipinski definition) is 4. The van der Waals surface area contributed by atoms with Crippen molar-refractivity contribution in [2.24, 2.45) is 10.2 Å². The van der Waals surface area contributed by atoms with E-state index in [-0.39, 0.29) is 5.75 Å². The van der Waals surface area contributed by atoms with Gasteiger partial charge in [0.25, 0.3) is 0 Å². The van der Waals surface area contributed by atoms with Gasteiger partial charge in [-0.1, -0.05) is 42.5 Å². The minimum atomic E-state index is 0.188. The van der Waals surface area contributed by atoms with Crippen molar-refractivity contribution >= 4 is 11.4 Å². The number of rotatable bonds is 5. The van der Waals surface area contributed by atoms with Crippen LogP contribution in [0.1, 0.15) is 25.1 Å². The second kappa shape index (κ2) is 7.57. The summed E-state index contributed by atoms with van der Waals surface area (Å²) in [6.45, 7) is 3.77. The Morgan fingerprint density at radius 2 is 1.72 bits per heavy atom. The zero-order valence-corrected chi connectivity index (χ0v) is 14.3. The summed E-state index contributed by atoms with van der Waals surface area (Å²) < 4.78 is 0. The summed E-state index contributed by atoms with van der Waals surface area (Å²) in [6.07, 6.45) is 0.494. The Hall–Kier alpha value is -3.21. The van der Waals surface area contributed by atoms with Crippen LogP contribution in [0.5, 0.6) is 5.75 Å². The lowest BCUT2D eigenvalue weighted by atomic mass is 10.0. The van der Waals surface area contributed by atoms with Crippen molar-refractivity contribution in [3.63, 3.8) is 0 Å². The summed E-state index contributed by atoms with van der Waals surface area (Å²) >= 11 is 0. The van der Waals surface area contributed by atoms with Gasteiger partial charge in [-0.15, -0.1) is 0 Å². The monoisotopic (exact) mass is 332 g/mol. The average molecular weight is 332 g/mol. The molecule has 0 saturated carbocycles. The first-order valence-electron chi connectivity index (χ1n) is 8.09. The van der Waals surface area contributed by atoms with Crippen molar-refractivity contribution in [2.75, 3.05) is 0 Å². The molecule has 0 saturated heterocycles. The van der Waals surface area contributed by atoms with E-state index in [9.17, 15) is 5.11 Å². The third-order valence-corrected chi connectivity index (χ3v) is 3.64. The highest BCUT2D eigenvalue weighted by Gasteiger charge is 2.12. The molecule has 3 aromatic rings. The van der Waals surface area contributed by atoms with Gasteiger partial charge in [0.15, 0.2) is 0 Å². The molecule has 0 spiro atoms. The van der Waals surface area contributed by atoms with E-state index in [2.05, 4.69) is 20.4 Å². The van der Waals surface area contributed by atoms with Gasteiger partial charge in [0.05, 0.1) is 11.4 Å². The van der Waals surface area contributed by atoms with E-state index in [1.54, 1.807) is 12.1 Å². The van der Waals surface area contributed by atoms with Crippen LogP contribution in [-0.4, -0.2) is 26.7 Å². The molecular weight excluding hydrogens is 312 g/mol. The van der Waals surface area contributed by atoms with Crippen LogP contribution in [-0.2, 0) is 6.42 Å². The summed E-state index contributed by atoms with van der Waals surface area (Å²) in [5.41, 5.74) is 5.04. The number of H-pyrrole nitrogens is 1. The SMILES string of the molecule is CC(C)=N/N=C(/Cc1cc(-c2ccccc2)n[nH]1)c1ccccc1O. The molecule has 0 aliphatic rings. The van der Waals surface area contributed by atoms with Crippen LogP contribution in [0.25, 0.3) is 11.3 Å². The lowest BCUT2D eigenvalue weighted by Crippen LogP contribution is -2.06. The summed E-state index contributed by atoms with van der Waals surface area (Å²) in [4.78, 5) is 0. The smallest absolute Gasteiger partial charge is 0.124 e. The number of hydrogen-bond donors (Lipinski definition) is 2. The van der Waals surface area contributed by atoms with E-state index < -0.39 is 0 Å². The first kappa shape index (κ1) is 16.6. The molecule has 2 N–H and O–H groups in total. The van der Waals surface area contributed by atoms with E-state index in [1.165, 1.54) is 0 Å². The first-order chi connectivity index (χ1) is 12.1. The maximum Gasteiger partial charge on any atom is 0.124 e. The highest BCUT2D eigenvalue weighted by Crippen LogP contribution is 2.21. The Kier molecular flexibility index (Phi) is 5.04. The molecule has 5 heteroatoms. The molecule has 25 heavy (non-hydrogen) atoms. The highest BCUT2D eigenvalue weighted by atomic mass is 16.3. The molecule has 3 rings (SSSR count). The van der Waals surface area contributed by atoms with Gasteiger partial charge < -0.3 is 5.11 Å². The Labute approximate surface area is 146 Å². The van der Waals surface area contributed by atoms with Gasteiger partial charge in [0.1, 0.15) is 5.75 Å². The van der Waals surface area contributed by atoms with E-state index >= 15 is 0 Å². The number of aromatic hydroxyl groups is 1. The molecule has 0 bridgehead atoms. The third-order valence-electron chi connectivity index (χ3n) is 3.64.